The maximum Gasteiger partial charge on any atom is 0.0641 e. The zero-order chi connectivity index (χ0) is 14.1. The average molecular weight is 269 g/mol. The number of nitrogens with one attached hydrogen (secondary N) is 1. The third-order valence-electron chi connectivity index (χ3n) is 4.38. The lowest BCUT2D eigenvalue weighted by Gasteiger charge is -2.16. The predicted molar refractivity (Wildman–Crippen MR) is 81.9 cm³/mol. The Morgan fingerprint density at radius 2 is 2.10 bits per heavy atom. The highest BCUT2D eigenvalue weighted by Gasteiger charge is 2.17. The Labute approximate surface area is 121 Å². The van der Waals surface area contributed by atoms with Gasteiger partial charge in [0.15, 0.2) is 0 Å². The molecule has 1 aromatic heterocycles. The molecule has 1 aliphatic rings. The highest BCUT2D eigenvalue weighted by Crippen LogP contribution is 2.26. The fraction of sp³-hybridized carbons (Fsp3) is 0.471. The average Bonchev–Trinajstić information content (AvgIpc) is 3.01. The van der Waals surface area contributed by atoms with Crippen molar-refractivity contribution in [2.24, 2.45) is 7.05 Å². The van der Waals surface area contributed by atoms with Crippen molar-refractivity contribution in [1.29, 1.82) is 0 Å². The Hall–Kier alpha value is -1.61. The molecule has 1 aliphatic carbocycles. The molecular weight excluding hydrogens is 246 g/mol. The van der Waals surface area contributed by atoms with Crippen molar-refractivity contribution in [3.63, 3.8) is 0 Å². The van der Waals surface area contributed by atoms with Crippen LogP contribution in [0.5, 0.6) is 0 Å². The second kappa shape index (κ2) is 5.41. The number of nitrogens with zero attached hydrogens (tertiary/aromatic N) is 2. The summed E-state index contributed by atoms with van der Waals surface area (Å²) in [6.07, 6.45) is 6.97. The molecule has 0 amide bonds. The lowest BCUT2D eigenvalue weighted by Crippen LogP contribution is -2.19. The largest absolute Gasteiger partial charge is 0.313 e. The lowest BCUT2D eigenvalue weighted by atomic mass is 9.97. The van der Waals surface area contributed by atoms with E-state index in [1.807, 2.05) is 18.8 Å². The van der Waals surface area contributed by atoms with Gasteiger partial charge in [0.05, 0.1) is 5.69 Å². The highest BCUT2D eigenvalue weighted by atomic mass is 15.3. The van der Waals surface area contributed by atoms with E-state index in [4.69, 9.17) is 0 Å². The summed E-state index contributed by atoms with van der Waals surface area (Å²) in [4.78, 5) is 0. The summed E-state index contributed by atoms with van der Waals surface area (Å²) in [5.74, 6) is 0. The summed E-state index contributed by atoms with van der Waals surface area (Å²) in [6, 6.07) is 7.35. The van der Waals surface area contributed by atoms with Crippen LogP contribution < -0.4 is 5.32 Å². The number of fused-ring (bicyclic) bond motifs is 1. The van der Waals surface area contributed by atoms with E-state index in [9.17, 15) is 0 Å². The van der Waals surface area contributed by atoms with Gasteiger partial charge in [0.1, 0.15) is 0 Å². The number of likely N-dealkylation sites (N-methyl/N-ethyl adjacent to an activating group) is 1. The molecule has 0 fully saturated rings. The summed E-state index contributed by atoms with van der Waals surface area (Å²) in [7, 11) is 4.02. The topological polar surface area (TPSA) is 29.9 Å². The minimum Gasteiger partial charge on any atom is -0.313 e. The van der Waals surface area contributed by atoms with Crippen LogP contribution in [-0.4, -0.2) is 16.8 Å². The van der Waals surface area contributed by atoms with Crippen molar-refractivity contribution in [3.05, 3.63) is 52.3 Å². The lowest BCUT2D eigenvalue weighted by molar-refractivity contribution is 0.588. The molecule has 1 aromatic carbocycles. The van der Waals surface area contributed by atoms with Crippen LogP contribution in [0.4, 0.5) is 0 Å². The van der Waals surface area contributed by atoms with E-state index in [1.54, 1.807) is 11.1 Å². The Balaban J connectivity index is 1.83. The molecule has 3 nitrogen and oxygen atoms in total. The molecule has 3 rings (SSSR count). The number of aryl methyl sites for hydroxylation is 4. The zero-order valence-corrected chi connectivity index (χ0v) is 12.6. The number of aromatic nitrogens is 2. The fourth-order valence-corrected chi connectivity index (χ4v) is 3.32. The van der Waals surface area contributed by atoms with Gasteiger partial charge in [0.25, 0.3) is 0 Å². The molecule has 3 heteroatoms. The van der Waals surface area contributed by atoms with Gasteiger partial charge in [-0.15, -0.1) is 0 Å². The molecule has 1 unspecified atom stereocenters. The maximum absolute atomic E-state index is 4.46. The second-order valence-corrected chi connectivity index (χ2v) is 5.85. The van der Waals surface area contributed by atoms with Crippen molar-refractivity contribution in [3.8, 4) is 0 Å². The number of benzene rings is 1. The molecule has 0 saturated heterocycles. The molecule has 0 spiro atoms. The van der Waals surface area contributed by atoms with Gasteiger partial charge in [-0.25, -0.2) is 0 Å². The Morgan fingerprint density at radius 3 is 2.80 bits per heavy atom. The minimum atomic E-state index is 0.336. The minimum absolute atomic E-state index is 0.336. The Kier molecular flexibility index (Phi) is 3.62. The van der Waals surface area contributed by atoms with E-state index in [-0.39, 0.29) is 0 Å². The first-order valence-corrected chi connectivity index (χ1v) is 7.45. The van der Waals surface area contributed by atoms with Gasteiger partial charge in [0.2, 0.25) is 0 Å². The second-order valence-electron chi connectivity index (χ2n) is 5.85. The Bertz CT molecular complexity index is 613. The number of hydrogen-bond acceptors (Lipinski definition) is 2. The van der Waals surface area contributed by atoms with Gasteiger partial charge in [-0.05, 0) is 56.3 Å². The van der Waals surface area contributed by atoms with Crippen molar-refractivity contribution in [2.45, 2.75) is 38.6 Å². The molecule has 20 heavy (non-hydrogen) atoms. The van der Waals surface area contributed by atoms with Crippen molar-refractivity contribution < 1.29 is 0 Å². The quantitative estimate of drug-likeness (QED) is 0.925. The monoisotopic (exact) mass is 269 g/mol. The van der Waals surface area contributed by atoms with E-state index >= 15 is 0 Å². The van der Waals surface area contributed by atoms with Crippen LogP contribution in [0.25, 0.3) is 0 Å². The van der Waals surface area contributed by atoms with Crippen LogP contribution in [0.15, 0.2) is 24.4 Å². The number of rotatable bonds is 4. The van der Waals surface area contributed by atoms with E-state index in [1.165, 1.54) is 30.4 Å². The molecular formula is C17H23N3. The van der Waals surface area contributed by atoms with Gasteiger partial charge >= 0.3 is 0 Å². The molecule has 0 radical (unpaired) electrons. The smallest absolute Gasteiger partial charge is 0.0641 e. The summed E-state index contributed by atoms with van der Waals surface area (Å²) in [5.41, 5.74) is 6.95. The van der Waals surface area contributed by atoms with Crippen molar-refractivity contribution in [2.75, 3.05) is 7.05 Å². The van der Waals surface area contributed by atoms with Crippen molar-refractivity contribution >= 4 is 0 Å². The van der Waals surface area contributed by atoms with Crippen LogP contribution in [0.1, 0.15) is 40.4 Å². The molecule has 1 N–H and O–H groups in total. The molecule has 0 saturated carbocycles. The molecule has 0 bridgehead atoms. The normalized spacial score (nSPS) is 15.3. The van der Waals surface area contributed by atoms with E-state index in [0.717, 1.165) is 12.1 Å². The van der Waals surface area contributed by atoms with Crippen LogP contribution in [0.2, 0.25) is 0 Å². The van der Waals surface area contributed by atoms with Gasteiger partial charge < -0.3 is 5.32 Å². The SMILES string of the molecule is CNC(Cc1ccc2c(c1)CCC2)c1cn(C)nc1C. The zero-order valence-electron chi connectivity index (χ0n) is 12.6. The van der Waals surface area contributed by atoms with Crippen LogP contribution in [0, 0.1) is 6.92 Å². The third kappa shape index (κ3) is 2.50. The molecule has 106 valence electrons. The molecule has 0 aliphatic heterocycles. The first-order chi connectivity index (χ1) is 9.67. The summed E-state index contributed by atoms with van der Waals surface area (Å²) in [5, 5.41) is 7.89. The first-order valence-electron chi connectivity index (χ1n) is 7.45. The summed E-state index contributed by atoms with van der Waals surface area (Å²) < 4.78 is 1.90. The molecule has 1 heterocycles. The maximum atomic E-state index is 4.46. The third-order valence-corrected chi connectivity index (χ3v) is 4.38. The van der Waals surface area contributed by atoms with Gasteiger partial charge in [-0.3, -0.25) is 4.68 Å². The summed E-state index contributed by atoms with van der Waals surface area (Å²) >= 11 is 0. The molecule has 2 aromatic rings. The standard InChI is InChI=1S/C17H23N3/c1-12-16(11-20(3)19-12)17(18-2)10-13-7-8-14-5-4-6-15(14)9-13/h7-9,11,17-18H,4-6,10H2,1-3H3. The van der Waals surface area contributed by atoms with Gasteiger partial charge in [-0.2, -0.15) is 5.10 Å². The molecule has 1 atom stereocenters. The van der Waals surface area contributed by atoms with Crippen LogP contribution >= 0.6 is 0 Å². The highest BCUT2D eigenvalue weighted by molar-refractivity contribution is 5.36. The number of hydrogen-bond donors (Lipinski definition) is 1. The van der Waals surface area contributed by atoms with Crippen LogP contribution in [-0.2, 0) is 26.3 Å². The summed E-state index contributed by atoms with van der Waals surface area (Å²) in [6.45, 7) is 2.09. The first kappa shape index (κ1) is 13.4. The van der Waals surface area contributed by atoms with E-state index in [2.05, 4.69) is 41.7 Å². The van der Waals surface area contributed by atoms with E-state index < -0.39 is 0 Å². The van der Waals surface area contributed by atoms with Crippen molar-refractivity contribution in [1.82, 2.24) is 15.1 Å². The van der Waals surface area contributed by atoms with Gasteiger partial charge in [0, 0.05) is 24.8 Å². The van der Waals surface area contributed by atoms with E-state index in [0.29, 0.717) is 6.04 Å². The van der Waals surface area contributed by atoms with Gasteiger partial charge in [-0.1, -0.05) is 18.2 Å². The predicted octanol–water partition coefficient (Wildman–Crippen LogP) is 2.72. The van der Waals surface area contributed by atoms with Crippen LogP contribution in [0.3, 0.4) is 0 Å². The fourth-order valence-electron chi connectivity index (χ4n) is 3.32. The Morgan fingerprint density at radius 1 is 1.30 bits per heavy atom.